The molecule has 0 saturated carbocycles. The van der Waals surface area contributed by atoms with E-state index in [4.69, 9.17) is 0 Å². The molecule has 1 aliphatic heterocycles. The molecule has 1 fully saturated rings. The summed E-state index contributed by atoms with van der Waals surface area (Å²) in [5.41, 5.74) is 2.71. The van der Waals surface area contributed by atoms with Crippen LogP contribution in [0.1, 0.15) is 30.0 Å². The van der Waals surface area contributed by atoms with Gasteiger partial charge in [0.25, 0.3) is 0 Å². The van der Waals surface area contributed by atoms with E-state index in [1.807, 2.05) is 17.8 Å². The second-order valence-electron chi connectivity index (χ2n) is 6.71. The molecule has 0 bridgehead atoms. The summed E-state index contributed by atoms with van der Waals surface area (Å²) in [4.78, 5) is 6.65. The fraction of sp³-hybridized carbons (Fsp3) is 0.368. The van der Waals surface area contributed by atoms with Crippen molar-refractivity contribution in [1.29, 1.82) is 0 Å². The summed E-state index contributed by atoms with van der Waals surface area (Å²) < 4.78 is 28.5. The zero-order chi connectivity index (χ0) is 17.4. The fourth-order valence-corrected chi connectivity index (χ4v) is 3.74. The quantitative estimate of drug-likeness (QED) is 0.729. The third-order valence-electron chi connectivity index (χ3n) is 4.93. The minimum Gasteiger partial charge on any atom is -0.299 e. The van der Waals surface area contributed by atoms with E-state index in [1.165, 1.54) is 12.1 Å². The minimum absolute atomic E-state index is 0.397. The SMILES string of the molecule is Cn1nc(C2CCN(Cc3cc(F)cc(F)c3)CC2)c2cccnc21. The molecule has 1 aliphatic rings. The highest BCUT2D eigenvalue weighted by Crippen LogP contribution is 2.32. The molecule has 1 aromatic carbocycles. The number of piperidine rings is 1. The van der Waals surface area contributed by atoms with Crippen molar-refractivity contribution < 1.29 is 8.78 Å². The molecule has 0 amide bonds. The van der Waals surface area contributed by atoms with E-state index in [1.54, 1.807) is 6.20 Å². The number of likely N-dealkylation sites (tertiary alicyclic amines) is 1. The largest absolute Gasteiger partial charge is 0.299 e. The smallest absolute Gasteiger partial charge is 0.157 e. The van der Waals surface area contributed by atoms with E-state index in [2.05, 4.69) is 21.0 Å². The number of hydrogen-bond donors (Lipinski definition) is 0. The lowest BCUT2D eigenvalue weighted by molar-refractivity contribution is 0.203. The molecule has 0 aliphatic carbocycles. The van der Waals surface area contributed by atoms with Gasteiger partial charge in [0.2, 0.25) is 0 Å². The first-order valence-corrected chi connectivity index (χ1v) is 8.55. The summed E-state index contributed by atoms with van der Waals surface area (Å²) in [5, 5.41) is 5.80. The second kappa shape index (κ2) is 6.52. The highest BCUT2D eigenvalue weighted by Gasteiger charge is 2.25. The van der Waals surface area contributed by atoms with Crippen molar-refractivity contribution in [3.05, 3.63) is 59.4 Å². The first kappa shape index (κ1) is 16.1. The van der Waals surface area contributed by atoms with E-state index in [0.29, 0.717) is 18.0 Å². The van der Waals surface area contributed by atoms with E-state index >= 15 is 0 Å². The van der Waals surface area contributed by atoms with E-state index < -0.39 is 11.6 Å². The number of rotatable bonds is 3. The van der Waals surface area contributed by atoms with Gasteiger partial charge in [-0.15, -0.1) is 0 Å². The first-order chi connectivity index (χ1) is 12.1. The topological polar surface area (TPSA) is 34.0 Å². The summed E-state index contributed by atoms with van der Waals surface area (Å²) in [6.45, 7) is 2.36. The van der Waals surface area contributed by atoms with E-state index in [-0.39, 0.29) is 0 Å². The molecular formula is C19H20F2N4. The Kier molecular flexibility index (Phi) is 4.21. The number of halogens is 2. The number of benzene rings is 1. The molecule has 3 heterocycles. The van der Waals surface area contributed by atoms with Crippen molar-refractivity contribution in [2.75, 3.05) is 13.1 Å². The number of fused-ring (bicyclic) bond motifs is 1. The van der Waals surface area contributed by atoms with Gasteiger partial charge in [0.1, 0.15) is 11.6 Å². The summed E-state index contributed by atoms with van der Waals surface area (Å²) in [5.74, 6) is -0.636. The number of aryl methyl sites for hydroxylation is 1. The van der Waals surface area contributed by atoms with Gasteiger partial charge >= 0.3 is 0 Å². The predicted molar refractivity (Wildman–Crippen MR) is 92.1 cm³/mol. The molecule has 0 spiro atoms. The number of pyridine rings is 1. The average molecular weight is 342 g/mol. The molecule has 0 unspecified atom stereocenters. The van der Waals surface area contributed by atoms with Gasteiger partial charge in [-0.25, -0.2) is 13.8 Å². The van der Waals surface area contributed by atoms with Crippen molar-refractivity contribution in [2.24, 2.45) is 7.05 Å². The van der Waals surface area contributed by atoms with Gasteiger partial charge < -0.3 is 0 Å². The Labute approximate surface area is 145 Å². The summed E-state index contributed by atoms with van der Waals surface area (Å²) in [6, 6.07) is 7.75. The molecule has 0 radical (unpaired) electrons. The molecular weight excluding hydrogens is 322 g/mol. The Morgan fingerprint density at radius 3 is 2.56 bits per heavy atom. The molecule has 3 aromatic rings. The molecule has 25 heavy (non-hydrogen) atoms. The lowest BCUT2D eigenvalue weighted by Crippen LogP contribution is -2.32. The van der Waals surface area contributed by atoms with Crippen LogP contribution < -0.4 is 0 Å². The first-order valence-electron chi connectivity index (χ1n) is 8.55. The Hall–Kier alpha value is -2.34. The van der Waals surface area contributed by atoms with Gasteiger partial charge in [0.05, 0.1) is 5.69 Å². The summed E-state index contributed by atoms with van der Waals surface area (Å²) in [6.07, 6.45) is 3.76. The zero-order valence-corrected chi connectivity index (χ0v) is 14.1. The molecule has 2 aromatic heterocycles. The van der Waals surface area contributed by atoms with Gasteiger partial charge in [0.15, 0.2) is 5.65 Å². The zero-order valence-electron chi connectivity index (χ0n) is 14.1. The van der Waals surface area contributed by atoms with Crippen molar-refractivity contribution in [3.63, 3.8) is 0 Å². The molecule has 0 atom stereocenters. The molecule has 4 nitrogen and oxygen atoms in total. The van der Waals surface area contributed by atoms with Crippen molar-refractivity contribution in [3.8, 4) is 0 Å². The minimum atomic E-state index is -0.516. The predicted octanol–water partition coefficient (Wildman–Crippen LogP) is 3.63. The van der Waals surface area contributed by atoms with Gasteiger partial charge in [0, 0.05) is 37.2 Å². The van der Waals surface area contributed by atoms with Crippen LogP contribution in [-0.4, -0.2) is 32.8 Å². The summed E-state index contributed by atoms with van der Waals surface area (Å²) >= 11 is 0. The van der Waals surface area contributed by atoms with Gasteiger partial charge in [-0.3, -0.25) is 9.58 Å². The summed E-state index contributed by atoms with van der Waals surface area (Å²) in [7, 11) is 1.92. The number of aromatic nitrogens is 3. The van der Waals surface area contributed by atoms with Crippen LogP contribution in [0.15, 0.2) is 36.5 Å². The van der Waals surface area contributed by atoms with Gasteiger partial charge in [-0.1, -0.05) is 0 Å². The molecule has 0 N–H and O–H groups in total. The fourth-order valence-electron chi connectivity index (χ4n) is 3.74. The Bertz CT molecular complexity index is 877. The van der Waals surface area contributed by atoms with Crippen molar-refractivity contribution >= 4 is 11.0 Å². The molecule has 4 rings (SSSR count). The Morgan fingerprint density at radius 2 is 1.84 bits per heavy atom. The van der Waals surface area contributed by atoms with Crippen LogP contribution in [-0.2, 0) is 13.6 Å². The van der Waals surface area contributed by atoms with E-state index in [0.717, 1.165) is 48.7 Å². The Morgan fingerprint density at radius 1 is 1.12 bits per heavy atom. The maximum atomic E-state index is 13.3. The molecule has 130 valence electrons. The van der Waals surface area contributed by atoms with Crippen LogP contribution in [0.2, 0.25) is 0 Å². The van der Waals surface area contributed by atoms with Crippen LogP contribution in [0.25, 0.3) is 11.0 Å². The van der Waals surface area contributed by atoms with Gasteiger partial charge in [-0.2, -0.15) is 5.10 Å². The van der Waals surface area contributed by atoms with Crippen molar-refractivity contribution in [1.82, 2.24) is 19.7 Å². The third-order valence-corrected chi connectivity index (χ3v) is 4.93. The Balaban J connectivity index is 1.46. The average Bonchev–Trinajstić information content (AvgIpc) is 2.92. The third kappa shape index (κ3) is 3.26. The van der Waals surface area contributed by atoms with Crippen molar-refractivity contribution in [2.45, 2.75) is 25.3 Å². The standard InChI is InChI=1S/C19H20F2N4/c1-24-19-17(3-2-6-22-19)18(23-24)14-4-7-25(8-5-14)12-13-9-15(20)11-16(21)10-13/h2-3,6,9-11,14H,4-5,7-8,12H2,1H3. The molecule has 1 saturated heterocycles. The lowest BCUT2D eigenvalue weighted by Gasteiger charge is -2.31. The van der Waals surface area contributed by atoms with Crippen LogP contribution in [0.5, 0.6) is 0 Å². The molecule has 6 heteroatoms. The monoisotopic (exact) mass is 342 g/mol. The van der Waals surface area contributed by atoms with Gasteiger partial charge in [-0.05, 0) is 55.8 Å². The number of nitrogens with zero attached hydrogens (tertiary/aromatic N) is 4. The van der Waals surface area contributed by atoms with Crippen LogP contribution in [0, 0.1) is 11.6 Å². The lowest BCUT2D eigenvalue weighted by atomic mass is 9.92. The highest BCUT2D eigenvalue weighted by atomic mass is 19.1. The van der Waals surface area contributed by atoms with Crippen LogP contribution in [0.4, 0.5) is 8.78 Å². The van der Waals surface area contributed by atoms with E-state index in [9.17, 15) is 8.78 Å². The number of hydrogen-bond acceptors (Lipinski definition) is 3. The van der Waals surface area contributed by atoms with Crippen LogP contribution >= 0.6 is 0 Å². The normalized spacial score (nSPS) is 16.6. The maximum absolute atomic E-state index is 13.3. The maximum Gasteiger partial charge on any atom is 0.157 e. The second-order valence-corrected chi connectivity index (χ2v) is 6.71. The highest BCUT2D eigenvalue weighted by molar-refractivity contribution is 5.78. The van der Waals surface area contributed by atoms with Crippen LogP contribution in [0.3, 0.4) is 0 Å².